The summed E-state index contributed by atoms with van der Waals surface area (Å²) < 4.78 is 30.0. The molecule has 0 aliphatic carbocycles. The Morgan fingerprint density at radius 1 is 1.59 bits per heavy atom. The number of halogens is 3. The third-order valence-corrected chi connectivity index (χ3v) is 2.45. The average molecular weight is 260 g/mol. The molecule has 0 fully saturated rings. The second kappa shape index (κ2) is 5.60. The number of ether oxygens (including phenoxy) is 1. The van der Waals surface area contributed by atoms with Gasteiger partial charge in [0.1, 0.15) is 0 Å². The minimum atomic E-state index is -2.81. The van der Waals surface area contributed by atoms with Gasteiger partial charge in [-0.15, -0.1) is 11.6 Å². The van der Waals surface area contributed by atoms with Crippen molar-refractivity contribution in [3.8, 4) is 6.07 Å². The van der Waals surface area contributed by atoms with Gasteiger partial charge in [-0.2, -0.15) is 5.26 Å². The molecule has 0 radical (unpaired) electrons. The molecule has 0 aliphatic heterocycles. The number of carbonyl (C=O) groups is 1. The first-order chi connectivity index (χ1) is 8.04. The predicted octanol–water partition coefficient (Wildman–Crippen LogP) is 3.02. The second-order valence-corrected chi connectivity index (χ2v) is 3.40. The van der Waals surface area contributed by atoms with E-state index in [1.165, 1.54) is 6.07 Å². The number of nitriles is 1. The van der Waals surface area contributed by atoms with Gasteiger partial charge in [-0.25, -0.2) is 13.6 Å². The molecular weight excluding hydrogens is 252 g/mol. The lowest BCUT2D eigenvalue weighted by Gasteiger charge is -2.11. The fourth-order valence-corrected chi connectivity index (χ4v) is 1.69. The Morgan fingerprint density at radius 2 is 2.24 bits per heavy atom. The lowest BCUT2D eigenvalue weighted by Crippen LogP contribution is -2.08. The van der Waals surface area contributed by atoms with Gasteiger partial charge in [-0.1, -0.05) is 0 Å². The van der Waals surface area contributed by atoms with E-state index in [1.807, 2.05) is 0 Å². The molecule has 1 aromatic rings. The zero-order chi connectivity index (χ0) is 13.0. The van der Waals surface area contributed by atoms with Crippen molar-refractivity contribution in [1.82, 2.24) is 0 Å². The van der Waals surface area contributed by atoms with Crippen LogP contribution in [0.25, 0.3) is 0 Å². The molecule has 3 nitrogen and oxygen atoms in total. The Bertz CT molecular complexity index is 483. The van der Waals surface area contributed by atoms with Crippen molar-refractivity contribution in [3.63, 3.8) is 0 Å². The maximum Gasteiger partial charge on any atom is 0.338 e. The molecule has 0 aromatic heterocycles. The molecular formula is C11H8ClF2NO2. The summed E-state index contributed by atoms with van der Waals surface area (Å²) >= 11 is 5.55. The third kappa shape index (κ3) is 2.71. The quantitative estimate of drug-likeness (QED) is 0.619. The average Bonchev–Trinajstić information content (AvgIpc) is 2.35. The van der Waals surface area contributed by atoms with Gasteiger partial charge in [0, 0.05) is 11.4 Å². The summed E-state index contributed by atoms with van der Waals surface area (Å²) in [5.74, 6) is -1.05. The largest absolute Gasteiger partial charge is 0.465 e. The van der Waals surface area contributed by atoms with Gasteiger partial charge in [0.15, 0.2) is 0 Å². The van der Waals surface area contributed by atoms with Gasteiger partial charge in [-0.3, -0.25) is 0 Å². The van der Waals surface area contributed by atoms with Crippen molar-refractivity contribution in [2.45, 2.75) is 12.3 Å². The molecule has 17 heavy (non-hydrogen) atoms. The highest BCUT2D eigenvalue weighted by atomic mass is 35.5. The normalized spacial score (nSPS) is 10.1. The van der Waals surface area contributed by atoms with Gasteiger partial charge >= 0.3 is 5.97 Å². The van der Waals surface area contributed by atoms with E-state index in [0.717, 1.165) is 13.2 Å². The van der Waals surface area contributed by atoms with Crippen LogP contribution in [0.2, 0.25) is 0 Å². The van der Waals surface area contributed by atoms with E-state index in [-0.39, 0.29) is 22.6 Å². The van der Waals surface area contributed by atoms with Crippen LogP contribution >= 0.6 is 11.6 Å². The van der Waals surface area contributed by atoms with E-state index >= 15 is 0 Å². The molecule has 0 bridgehead atoms. The molecule has 1 aromatic carbocycles. The summed E-state index contributed by atoms with van der Waals surface area (Å²) in [6, 6.07) is 3.92. The van der Waals surface area contributed by atoms with Crippen LogP contribution in [0, 0.1) is 11.3 Å². The van der Waals surface area contributed by atoms with Crippen LogP contribution < -0.4 is 0 Å². The van der Waals surface area contributed by atoms with Crippen molar-refractivity contribution in [3.05, 3.63) is 34.4 Å². The molecule has 0 amide bonds. The molecule has 0 aliphatic rings. The maximum absolute atomic E-state index is 12.8. The Balaban J connectivity index is 3.51. The van der Waals surface area contributed by atoms with Crippen LogP contribution in [0.1, 0.15) is 33.5 Å². The van der Waals surface area contributed by atoms with Crippen molar-refractivity contribution in [1.29, 1.82) is 5.26 Å². The lowest BCUT2D eigenvalue weighted by molar-refractivity contribution is 0.0599. The smallest absolute Gasteiger partial charge is 0.338 e. The van der Waals surface area contributed by atoms with Crippen LogP contribution in [0.3, 0.4) is 0 Å². The Morgan fingerprint density at radius 3 is 2.65 bits per heavy atom. The first kappa shape index (κ1) is 13.4. The van der Waals surface area contributed by atoms with Crippen LogP contribution in [-0.2, 0) is 10.6 Å². The topological polar surface area (TPSA) is 50.1 Å². The third-order valence-electron chi connectivity index (χ3n) is 2.19. The minimum Gasteiger partial charge on any atom is -0.465 e. The van der Waals surface area contributed by atoms with Crippen molar-refractivity contribution in [2.24, 2.45) is 0 Å². The summed E-state index contributed by atoms with van der Waals surface area (Å²) in [5, 5.41) is 8.71. The van der Waals surface area contributed by atoms with E-state index in [2.05, 4.69) is 4.74 Å². The lowest BCUT2D eigenvalue weighted by atomic mass is 9.99. The summed E-state index contributed by atoms with van der Waals surface area (Å²) in [5.41, 5.74) is -0.557. The molecule has 0 saturated heterocycles. The van der Waals surface area contributed by atoms with Crippen LogP contribution in [0.4, 0.5) is 8.78 Å². The SMILES string of the molecule is COC(=O)c1cc(C#N)cc(C(F)F)c1CCl. The highest BCUT2D eigenvalue weighted by Gasteiger charge is 2.21. The highest BCUT2D eigenvalue weighted by Crippen LogP contribution is 2.28. The molecule has 0 N–H and O–H groups in total. The first-order valence-corrected chi connectivity index (χ1v) is 5.08. The van der Waals surface area contributed by atoms with Crippen molar-refractivity contribution >= 4 is 17.6 Å². The van der Waals surface area contributed by atoms with E-state index in [0.29, 0.717) is 0 Å². The van der Waals surface area contributed by atoms with Crippen LogP contribution in [0.5, 0.6) is 0 Å². The van der Waals surface area contributed by atoms with Crippen molar-refractivity contribution < 1.29 is 18.3 Å². The van der Waals surface area contributed by atoms with E-state index in [1.54, 1.807) is 6.07 Å². The van der Waals surface area contributed by atoms with Gasteiger partial charge in [-0.05, 0) is 17.7 Å². The molecule has 0 unspecified atom stereocenters. The number of esters is 1. The minimum absolute atomic E-state index is 0.00693. The molecule has 6 heteroatoms. The van der Waals surface area contributed by atoms with Gasteiger partial charge in [0.2, 0.25) is 0 Å². The summed E-state index contributed by atoms with van der Waals surface area (Å²) in [4.78, 5) is 11.4. The van der Waals surface area contributed by atoms with E-state index < -0.39 is 18.0 Å². The zero-order valence-corrected chi connectivity index (χ0v) is 9.59. The molecule has 0 heterocycles. The first-order valence-electron chi connectivity index (χ1n) is 4.54. The molecule has 0 spiro atoms. The van der Waals surface area contributed by atoms with Gasteiger partial charge in [0.25, 0.3) is 6.43 Å². The second-order valence-electron chi connectivity index (χ2n) is 3.13. The number of hydrogen-bond donors (Lipinski definition) is 0. The maximum atomic E-state index is 12.8. The van der Waals surface area contributed by atoms with E-state index in [4.69, 9.17) is 16.9 Å². The molecule has 0 saturated carbocycles. The number of rotatable bonds is 3. The molecule has 0 atom stereocenters. The number of carbonyl (C=O) groups excluding carboxylic acids is 1. The van der Waals surface area contributed by atoms with Crippen molar-refractivity contribution in [2.75, 3.05) is 7.11 Å². The Kier molecular flexibility index (Phi) is 4.41. The number of benzene rings is 1. The number of nitrogens with zero attached hydrogens (tertiary/aromatic N) is 1. The Hall–Kier alpha value is -1.67. The molecule has 1 rings (SSSR count). The summed E-state index contributed by atoms with van der Waals surface area (Å²) in [7, 11) is 1.13. The summed E-state index contributed by atoms with van der Waals surface area (Å²) in [6.45, 7) is 0. The van der Waals surface area contributed by atoms with Crippen LogP contribution in [-0.4, -0.2) is 13.1 Å². The molecule has 90 valence electrons. The predicted molar refractivity (Wildman–Crippen MR) is 57.0 cm³/mol. The number of alkyl halides is 3. The Labute approximate surface area is 102 Å². The summed E-state index contributed by atoms with van der Waals surface area (Å²) in [6.07, 6.45) is -2.81. The fourth-order valence-electron chi connectivity index (χ4n) is 1.39. The fraction of sp³-hybridized carbons (Fsp3) is 0.273. The van der Waals surface area contributed by atoms with Gasteiger partial charge < -0.3 is 4.74 Å². The number of methoxy groups -OCH3 is 1. The van der Waals surface area contributed by atoms with Crippen LogP contribution in [0.15, 0.2) is 12.1 Å². The standard InChI is InChI=1S/C11H8ClF2NO2/c1-17-11(16)8-3-6(5-15)2-7(10(13)14)9(8)4-12/h2-3,10H,4H2,1H3. The van der Waals surface area contributed by atoms with E-state index in [9.17, 15) is 13.6 Å². The highest BCUT2D eigenvalue weighted by molar-refractivity contribution is 6.17. The monoisotopic (exact) mass is 259 g/mol. The van der Waals surface area contributed by atoms with Gasteiger partial charge in [0.05, 0.1) is 24.3 Å². The number of hydrogen-bond acceptors (Lipinski definition) is 3. The zero-order valence-electron chi connectivity index (χ0n) is 8.84.